The highest BCUT2D eigenvalue weighted by atomic mass is 32.2. The lowest BCUT2D eigenvalue weighted by Crippen LogP contribution is -2.07. The highest BCUT2D eigenvalue weighted by Crippen LogP contribution is 2.30. The van der Waals surface area contributed by atoms with Gasteiger partial charge in [0.25, 0.3) is 0 Å². The molecule has 0 atom stereocenters. The van der Waals surface area contributed by atoms with E-state index in [0.717, 1.165) is 6.26 Å². The molecule has 6 heteroatoms. The van der Waals surface area contributed by atoms with Crippen LogP contribution in [0.5, 0.6) is 5.75 Å². The Morgan fingerprint density at radius 3 is 2.58 bits per heavy atom. The van der Waals surface area contributed by atoms with Crippen molar-refractivity contribution in [3.8, 4) is 5.75 Å². The van der Waals surface area contributed by atoms with Gasteiger partial charge in [-0.05, 0) is 18.2 Å². The first-order valence-corrected chi connectivity index (χ1v) is 9.32. The van der Waals surface area contributed by atoms with Crippen LogP contribution in [0, 0.1) is 0 Å². The zero-order chi connectivity index (χ0) is 17.3. The zero-order valence-electron chi connectivity index (χ0n) is 13.3. The van der Waals surface area contributed by atoms with E-state index >= 15 is 0 Å². The predicted octanol–water partition coefficient (Wildman–Crippen LogP) is 3.22. The van der Waals surface area contributed by atoms with Gasteiger partial charge in [0.05, 0.1) is 12.7 Å². The number of hydrogen-bond donors (Lipinski definition) is 0. The van der Waals surface area contributed by atoms with Crippen molar-refractivity contribution in [3.63, 3.8) is 0 Å². The second kappa shape index (κ2) is 6.13. The van der Waals surface area contributed by atoms with Crippen molar-refractivity contribution in [3.05, 3.63) is 65.4 Å². The monoisotopic (exact) mass is 344 g/mol. The summed E-state index contributed by atoms with van der Waals surface area (Å²) in [6, 6.07) is 13.7. The SMILES string of the molecule is COc1cccc(C(=O)c2c(CS(C)(=O)=O)oc3ccccc23)c1. The fourth-order valence-electron chi connectivity index (χ4n) is 2.59. The minimum absolute atomic E-state index is 0.159. The van der Waals surface area contributed by atoms with Crippen LogP contribution in [0.1, 0.15) is 21.7 Å². The van der Waals surface area contributed by atoms with Gasteiger partial charge in [0.2, 0.25) is 0 Å². The van der Waals surface area contributed by atoms with Crippen molar-refractivity contribution in [2.24, 2.45) is 0 Å². The van der Waals surface area contributed by atoms with E-state index in [2.05, 4.69) is 0 Å². The van der Waals surface area contributed by atoms with Crippen LogP contribution >= 0.6 is 0 Å². The van der Waals surface area contributed by atoms with Crippen molar-refractivity contribution in [2.45, 2.75) is 5.75 Å². The molecule has 0 radical (unpaired) electrons. The largest absolute Gasteiger partial charge is 0.497 e. The number of benzene rings is 2. The Bertz CT molecular complexity index is 1010. The molecule has 0 N–H and O–H groups in total. The lowest BCUT2D eigenvalue weighted by molar-refractivity contribution is 0.103. The highest BCUT2D eigenvalue weighted by molar-refractivity contribution is 7.89. The van der Waals surface area contributed by atoms with Gasteiger partial charge in [-0.25, -0.2) is 8.42 Å². The molecule has 124 valence electrons. The maximum atomic E-state index is 13.0. The van der Waals surface area contributed by atoms with Crippen molar-refractivity contribution >= 4 is 26.6 Å². The molecule has 0 aliphatic heterocycles. The van der Waals surface area contributed by atoms with Crippen LogP contribution in [-0.4, -0.2) is 27.6 Å². The first-order chi connectivity index (χ1) is 11.4. The molecule has 0 saturated heterocycles. The minimum Gasteiger partial charge on any atom is -0.497 e. The van der Waals surface area contributed by atoms with E-state index in [1.807, 2.05) is 0 Å². The molecule has 24 heavy (non-hydrogen) atoms. The quantitative estimate of drug-likeness (QED) is 0.665. The third-order valence-corrected chi connectivity index (χ3v) is 4.41. The van der Waals surface area contributed by atoms with Crippen molar-refractivity contribution in [1.29, 1.82) is 0 Å². The molecule has 0 aliphatic rings. The van der Waals surface area contributed by atoms with Crippen molar-refractivity contribution in [2.75, 3.05) is 13.4 Å². The number of sulfone groups is 1. The first-order valence-electron chi connectivity index (χ1n) is 7.26. The second-order valence-corrected chi connectivity index (χ2v) is 7.67. The van der Waals surface area contributed by atoms with E-state index in [1.54, 1.807) is 48.5 Å². The molecule has 0 spiro atoms. The van der Waals surface area contributed by atoms with Crippen LogP contribution in [0.4, 0.5) is 0 Å². The summed E-state index contributed by atoms with van der Waals surface area (Å²) in [7, 11) is -1.83. The van der Waals surface area contributed by atoms with Crippen LogP contribution in [0.2, 0.25) is 0 Å². The Labute approximate surface area is 139 Å². The van der Waals surface area contributed by atoms with Gasteiger partial charge in [-0.1, -0.05) is 30.3 Å². The highest BCUT2D eigenvalue weighted by Gasteiger charge is 2.24. The number of hydrogen-bond acceptors (Lipinski definition) is 5. The molecule has 1 aromatic heterocycles. The summed E-state index contributed by atoms with van der Waals surface area (Å²) >= 11 is 0. The Kier molecular flexibility index (Phi) is 4.15. The zero-order valence-corrected chi connectivity index (χ0v) is 14.1. The molecule has 0 unspecified atom stereocenters. The average Bonchev–Trinajstić information content (AvgIpc) is 2.90. The van der Waals surface area contributed by atoms with Gasteiger partial charge in [-0.2, -0.15) is 0 Å². The molecular weight excluding hydrogens is 328 g/mol. The fourth-order valence-corrected chi connectivity index (χ4v) is 3.27. The Morgan fingerprint density at radius 2 is 1.88 bits per heavy atom. The van der Waals surface area contributed by atoms with Crippen LogP contribution in [-0.2, 0) is 15.6 Å². The predicted molar refractivity (Wildman–Crippen MR) is 91.2 cm³/mol. The van der Waals surface area contributed by atoms with Gasteiger partial charge in [-0.15, -0.1) is 0 Å². The summed E-state index contributed by atoms with van der Waals surface area (Å²) in [4.78, 5) is 13.0. The number of ketones is 1. The van der Waals surface area contributed by atoms with E-state index in [9.17, 15) is 13.2 Å². The molecule has 0 aliphatic carbocycles. The molecule has 0 saturated carbocycles. The van der Waals surface area contributed by atoms with Gasteiger partial charge < -0.3 is 9.15 Å². The topological polar surface area (TPSA) is 73.6 Å². The second-order valence-electron chi connectivity index (χ2n) is 5.53. The van der Waals surface area contributed by atoms with Crippen molar-refractivity contribution < 1.29 is 22.4 Å². The smallest absolute Gasteiger partial charge is 0.197 e. The molecule has 0 amide bonds. The van der Waals surface area contributed by atoms with Gasteiger partial charge in [-0.3, -0.25) is 4.79 Å². The number of rotatable bonds is 5. The maximum absolute atomic E-state index is 13.0. The van der Waals surface area contributed by atoms with E-state index in [0.29, 0.717) is 22.3 Å². The number of furan rings is 1. The van der Waals surface area contributed by atoms with Crippen LogP contribution in [0.15, 0.2) is 52.9 Å². The molecule has 5 nitrogen and oxygen atoms in total. The number of para-hydroxylation sites is 1. The van der Waals surface area contributed by atoms with E-state index in [1.165, 1.54) is 7.11 Å². The van der Waals surface area contributed by atoms with E-state index in [4.69, 9.17) is 9.15 Å². The summed E-state index contributed by atoms with van der Waals surface area (Å²) < 4.78 is 34.2. The summed E-state index contributed by atoms with van der Waals surface area (Å²) in [5, 5.41) is 0.601. The van der Waals surface area contributed by atoms with E-state index in [-0.39, 0.29) is 22.9 Å². The lowest BCUT2D eigenvalue weighted by atomic mass is 10.0. The number of ether oxygens (including phenoxy) is 1. The lowest BCUT2D eigenvalue weighted by Gasteiger charge is -2.05. The molecule has 1 heterocycles. The number of fused-ring (bicyclic) bond motifs is 1. The number of carbonyl (C=O) groups excluding carboxylic acids is 1. The fraction of sp³-hybridized carbons (Fsp3) is 0.167. The number of methoxy groups -OCH3 is 1. The standard InChI is InChI=1S/C18H16O5S/c1-22-13-7-5-6-12(10-13)18(19)17-14-8-3-4-9-15(14)23-16(17)11-24(2,20)21/h3-10H,11H2,1-2H3. The van der Waals surface area contributed by atoms with Crippen LogP contribution in [0.3, 0.4) is 0 Å². The summed E-state index contributed by atoms with van der Waals surface area (Å²) in [6.07, 6.45) is 1.11. The van der Waals surface area contributed by atoms with E-state index < -0.39 is 9.84 Å². The Hall–Kier alpha value is -2.60. The molecule has 0 bridgehead atoms. The number of carbonyl (C=O) groups is 1. The van der Waals surface area contributed by atoms with Crippen molar-refractivity contribution in [1.82, 2.24) is 0 Å². The molecule has 2 aromatic carbocycles. The molecule has 3 aromatic rings. The first kappa shape index (κ1) is 16.3. The Balaban J connectivity index is 2.19. The molecule has 3 rings (SSSR count). The third kappa shape index (κ3) is 3.19. The molecular formula is C18H16O5S. The summed E-state index contributed by atoms with van der Waals surface area (Å²) in [6.45, 7) is 0. The maximum Gasteiger partial charge on any atom is 0.197 e. The van der Waals surface area contributed by atoms with Gasteiger partial charge >= 0.3 is 0 Å². The van der Waals surface area contributed by atoms with Crippen LogP contribution in [0.25, 0.3) is 11.0 Å². The van der Waals surface area contributed by atoms with Gasteiger partial charge in [0.1, 0.15) is 22.8 Å². The minimum atomic E-state index is -3.35. The third-order valence-electron chi connectivity index (χ3n) is 3.62. The normalized spacial score (nSPS) is 11.6. The summed E-state index contributed by atoms with van der Waals surface area (Å²) in [5.74, 6) is 0.0922. The molecule has 0 fully saturated rings. The van der Waals surface area contributed by atoms with Crippen LogP contribution < -0.4 is 4.74 Å². The summed E-state index contributed by atoms with van der Waals surface area (Å²) in [5.41, 5.74) is 1.18. The average molecular weight is 344 g/mol. The van der Waals surface area contributed by atoms with Gasteiger partial charge in [0.15, 0.2) is 15.6 Å². The van der Waals surface area contributed by atoms with Gasteiger partial charge in [0, 0.05) is 17.2 Å². The Morgan fingerprint density at radius 1 is 1.12 bits per heavy atom.